The van der Waals surface area contributed by atoms with Gasteiger partial charge in [0.1, 0.15) is 0 Å². The highest BCUT2D eigenvalue weighted by atomic mass is 16.5. The van der Waals surface area contributed by atoms with Gasteiger partial charge < -0.3 is 9.47 Å². The average molecular weight is 282 g/mol. The van der Waals surface area contributed by atoms with E-state index in [1.165, 1.54) is 0 Å². The second kappa shape index (κ2) is 9.34. The zero-order chi connectivity index (χ0) is 15.7. The summed E-state index contributed by atoms with van der Waals surface area (Å²) in [5.41, 5.74) is 3.22. The van der Waals surface area contributed by atoms with Gasteiger partial charge in [0.15, 0.2) is 0 Å². The second-order valence-corrected chi connectivity index (χ2v) is 5.23. The third-order valence-corrected chi connectivity index (χ3v) is 3.12. The van der Waals surface area contributed by atoms with Crippen molar-refractivity contribution < 1.29 is 19.1 Å². The predicted molar refractivity (Wildman–Crippen MR) is 79.2 cm³/mol. The minimum Gasteiger partial charge on any atom is -0.462 e. The average Bonchev–Trinajstić information content (AvgIpc) is 2.39. The highest BCUT2D eigenvalue weighted by Crippen LogP contribution is 2.06. The molecule has 0 atom stereocenters. The number of carbonyl (C=O) groups is 2. The fourth-order valence-electron chi connectivity index (χ4n) is 1.16. The zero-order valence-electron chi connectivity index (χ0n) is 13.5. The van der Waals surface area contributed by atoms with Crippen molar-refractivity contribution >= 4 is 11.9 Å². The summed E-state index contributed by atoms with van der Waals surface area (Å²) in [5, 5.41) is 0. The molecule has 0 rings (SSSR count). The Bertz CT molecular complexity index is 368. The van der Waals surface area contributed by atoms with Crippen molar-refractivity contribution in [3.63, 3.8) is 0 Å². The van der Waals surface area contributed by atoms with Crippen LogP contribution in [0.5, 0.6) is 0 Å². The highest BCUT2D eigenvalue weighted by molar-refractivity contribution is 5.88. The van der Waals surface area contributed by atoms with Gasteiger partial charge in [-0.25, -0.2) is 9.59 Å². The third-order valence-electron chi connectivity index (χ3n) is 3.12. The Balaban J connectivity index is 3.80. The van der Waals surface area contributed by atoms with Crippen LogP contribution in [0.3, 0.4) is 0 Å². The Morgan fingerprint density at radius 3 is 1.20 bits per heavy atom. The van der Waals surface area contributed by atoms with Crippen LogP contribution in [0.25, 0.3) is 0 Å². The lowest BCUT2D eigenvalue weighted by Crippen LogP contribution is -2.11. The van der Waals surface area contributed by atoms with Crippen molar-refractivity contribution in [3.05, 3.63) is 22.3 Å². The maximum absolute atomic E-state index is 11.5. The molecule has 0 aliphatic rings. The summed E-state index contributed by atoms with van der Waals surface area (Å²) in [6.45, 7) is 11.7. The smallest absolute Gasteiger partial charge is 0.333 e. The molecule has 0 aromatic heterocycles. The number of hydrogen-bond donors (Lipinski definition) is 0. The van der Waals surface area contributed by atoms with Gasteiger partial charge in [0.05, 0.1) is 13.2 Å². The lowest BCUT2D eigenvalue weighted by atomic mass is 10.2. The van der Waals surface area contributed by atoms with E-state index in [-0.39, 0.29) is 11.9 Å². The SMILES string of the molecule is CC(C)=C(C)C(=O)OCCCCOC(=O)C(C)=C(C)C. The van der Waals surface area contributed by atoms with E-state index in [1.807, 2.05) is 27.7 Å². The summed E-state index contributed by atoms with van der Waals surface area (Å²) < 4.78 is 10.2. The normalized spacial score (nSPS) is 9.70. The number of ether oxygens (including phenoxy) is 2. The van der Waals surface area contributed by atoms with Gasteiger partial charge in [-0.2, -0.15) is 0 Å². The second-order valence-electron chi connectivity index (χ2n) is 5.23. The fourth-order valence-corrected chi connectivity index (χ4v) is 1.16. The van der Waals surface area contributed by atoms with Crippen LogP contribution in [0.15, 0.2) is 22.3 Å². The number of carbonyl (C=O) groups excluding carboxylic acids is 2. The molecule has 0 aliphatic carbocycles. The number of esters is 2. The van der Waals surface area contributed by atoms with E-state index in [0.717, 1.165) is 11.1 Å². The Morgan fingerprint density at radius 2 is 0.950 bits per heavy atom. The van der Waals surface area contributed by atoms with Crippen molar-refractivity contribution in [1.29, 1.82) is 0 Å². The van der Waals surface area contributed by atoms with Crippen LogP contribution in [0.4, 0.5) is 0 Å². The minimum atomic E-state index is -0.276. The number of hydrogen-bond acceptors (Lipinski definition) is 4. The highest BCUT2D eigenvalue weighted by Gasteiger charge is 2.08. The molecule has 0 saturated carbocycles. The monoisotopic (exact) mass is 282 g/mol. The van der Waals surface area contributed by atoms with Gasteiger partial charge in [-0.1, -0.05) is 11.1 Å². The summed E-state index contributed by atoms with van der Waals surface area (Å²) >= 11 is 0. The van der Waals surface area contributed by atoms with Gasteiger partial charge in [-0.15, -0.1) is 0 Å². The van der Waals surface area contributed by atoms with Crippen LogP contribution in [0.2, 0.25) is 0 Å². The first-order valence-corrected chi connectivity index (χ1v) is 6.89. The molecule has 0 bridgehead atoms. The van der Waals surface area contributed by atoms with Crippen LogP contribution in [0, 0.1) is 0 Å². The molecule has 0 aromatic carbocycles. The quantitative estimate of drug-likeness (QED) is 0.407. The molecule has 0 aromatic rings. The van der Waals surface area contributed by atoms with E-state index < -0.39 is 0 Å². The summed E-state index contributed by atoms with van der Waals surface area (Å²) in [4.78, 5) is 23.0. The van der Waals surface area contributed by atoms with E-state index in [1.54, 1.807) is 13.8 Å². The van der Waals surface area contributed by atoms with Crippen molar-refractivity contribution in [3.8, 4) is 0 Å². The molecule has 0 aliphatic heterocycles. The van der Waals surface area contributed by atoms with E-state index in [2.05, 4.69) is 0 Å². The molecule has 4 nitrogen and oxygen atoms in total. The molecular weight excluding hydrogens is 256 g/mol. The van der Waals surface area contributed by atoms with Crippen LogP contribution in [-0.4, -0.2) is 25.2 Å². The Hall–Kier alpha value is -1.58. The van der Waals surface area contributed by atoms with Gasteiger partial charge in [0.2, 0.25) is 0 Å². The van der Waals surface area contributed by atoms with Crippen LogP contribution in [0.1, 0.15) is 54.4 Å². The first-order valence-electron chi connectivity index (χ1n) is 6.89. The van der Waals surface area contributed by atoms with Crippen molar-refractivity contribution in [2.24, 2.45) is 0 Å². The first kappa shape index (κ1) is 18.4. The standard InChI is InChI=1S/C16H26O4/c1-11(2)13(5)15(17)19-9-7-8-10-20-16(18)14(6)12(3)4/h7-10H2,1-6H3. The lowest BCUT2D eigenvalue weighted by molar-refractivity contribution is -0.141. The first-order chi connectivity index (χ1) is 9.27. The van der Waals surface area contributed by atoms with Crippen LogP contribution < -0.4 is 0 Å². The van der Waals surface area contributed by atoms with Crippen molar-refractivity contribution in [1.82, 2.24) is 0 Å². The Morgan fingerprint density at radius 1 is 0.650 bits per heavy atom. The van der Waals surface area contributed by atoms with Crippen molar-refractivity contribution in [2.75, 3.05) is 13.2 Å². The molecule has 20 heavy (non-hydrogen) atoms. The molecule has 0 N–H and O–H groups in total. The molecule has 0 radical (unpaired) electrons. The predicted octanol–water partition coefficient (Wildman–Crippen LogP) is 3.57. The lowest BCUT2D eigenvalue weighted by Gasteiger charge is -2.08. The van der Waals surface area contributed by atoms with Gasteiger partial charge >= 0.3 is 11.9 Å². The number of rotatable bonds is 7. The molecule has 0 amide bonds. The molecule has 0 spiro atoms. The number of allylic oxidation sites excluding steroid dienone is 2. The molecule has 4 heteroatoms. The van der Waals surface area contributed by atoms with Crippen LogP contribution in [-0.2, 0) is 19.1 Å². The Kier molecular flexibility index (Phi) is 8.61. The maximum Gasteiger partial charge on any atom is 0.333 e. The minimum absolute atomic E-state index is 0.276. The summed E-state index contributed by atoms with van der Waals surface area (Å²) in [6.07, 6.45) is 1.37. The van der Waals surface area contributed by atoms with E-state index in [4.69, 9.17) is 9.47 Å². The topological polar surface area (TPSA) is 52.6 Å². The third kappa shape index (κ3) is 7.12. The zero-order valence-corrected chi connectivity index (χ0v) is 13.5. The summed E-state index contributed by atoms with van der Waals surface area (Å²) in [7, 11) is 0. The van der Waals surface area contributed by atoms with E-state index in [0.29, 0.717) is 37.2 Å². The maximum atomic E-state index is 11.5. The summed E-state index contributed by atoms with van der Waals surface area (Å²) in [5.74, 6) is -0.551. The molecule has 0 unspecified atom stereocenters. The van der Waals surface area contributed by atoms with Gasteiger partial charge in [-0.3, -0.25) is 0 Å². The largest absolute Gasteiger partial charge is 0.462 e. The molecule has 0 saturated heterocycles. The molecule has 0 heterocycles. The molecule has 114 valence electrons. The van der Waals surface area contributed by atoms with Gasteiger partial charge in [-0.05, 0) is 54.4 Å². The van der Waals surface area contributed by atoms with Crippen molar-refractivity contribution in [2.45, 2.75) is 54.4 Å². The van der Waals surface area contributed by atoms with E-state index in [9.17, 15) is 9.59 Å². The Labute approximate surface area is 121 Å². The van der Waals surface area contributed by atoms with Crippen LogP contribution >= 0.6 is 0 Å². The number of unbranched alkanes of at least 4 members (excludes halogenated alkanes) is 1. The summed E-state index contributed by atoms with van der Waals surface area (Å²) in [6, 6.07) is 0. The van der Waals surface area contributed by atoms with E-state index >= 15 is 0 Å². The van der Waals surface area contributed by atoms with Gasteiger partial charge in [0, 0.05) is 11.1 Å². The molecular formula is C16H26O4. The van der Waals surface area contributed by atoms with Gasteiger partial charge in [0.25, 0.3) is 0 Å². The fraction of sp³-hybridized carbons (Fsp3) is 0.625. The molecule has 0 fully saturated rings.